The van der Waals surface area contributed by atoms with Gasteiger partial charge in [-0.1, -0.05) is 6.07 Å². The second-order valence-corrected chi connectivity index (χ2v) is 4.33. The molecule has 0 radical (unpaired) electrons. The predicted molar refractivity (Wildman–Crippen MR) is 67.8 cm³/mol. The van der Waals surface area contributed by atoms with Gasteiger partial charge in [-0.2, -0.15) is 0 Å². The van der Waals surface area contributed by atoms with Gasteiger partial charge in [-0.25, -0.2) is 4.79 Å². The van der Waals surface area contributed by atoms with Crippen LogP contribution in [-0.2, 0) is 4.79 Å². The Bertz CT molecular complexity index is 486. The fraction of sp³-hybridized carbons (Fsp3) is 0.385. The molecular weight excluding hydrogens is 250 g/mol. The van der Waals surface area contributed by atoms with E-state index >= 15 is 0 Å². The molecule has 0 fully saturated rings. The maximum absolute atomic E-state index is 10.9. The Kier molecular flexibility index (Phi) is 5.02. The van der Waals surface area contributed by atoms with E-state index in [1.807, 2.05) is 0 Å². The Morgan fingerprint density at radius 1 is 1.32 bits per heavy atom. The molecule has 0 aliphatic rings. The van der Waals surface area contributed by atoms with E-state index in [1.54, 1.807) is 13.0 Å². The minimum Gasteiger partial charge on any atom is -0.478 e. The van der Waals surface area contributed by atoms with Crippen LogP contribution in [0.2, 0.25) is 0 Å². The number of carboxylic acid groups (broad SMARTS) is 1. The molecule has 1 rings (SSSR count). The maximum Gasteiger partial charge on any atom is 0.335 e. The van der Waals surface area contributed by atoms with Gasteiger partial charge in [0.25, 0.3) is 0 Å². The van der Waals surface area contributed by atoms with Crippen LogP contribution < -0.4 is 5.32 Å². The summed E-state index contributed by atoms with van der Waals surface area (Å²) in [5, 5.41) is 31.0. The first kappa shape index (κ1) is 15.1. The lowest BCUT2D eigenvalue weighted by Gasteiger charge is -2.20. The van der Waals surface area contributed by atoms with E-state index in [0.717, 1.165) is 0 Å². The molecule has 0 heterocycles. The third-order valence-corrected chi connectivity index (χ3v) is 2.77. The minimum atomic E-state index is -1.26. The number of carbonyl (C=O) groups excluding carboxylic acids is 1. The molecular formula is C13H17NO5. The van der Waals surface area contributed by atoms with E-state index in [9.17, 15) is 19.8 Å². The van der Waals surface area contributed by atoms with Crippen LogP contribution in [0.25, 0.3) is 0 Å². The SMILES string of the molecule is CC(=O)NCC(O)C(O)c1cc(C(=O)O)ccc1C. The number of benzene rings is 1. The average molecular weight is 267 g/mol. The van der Waals surface area contributed by atoms with E-state index in [0.29, 0.717) is 11.1 Å². The summed E-state index contributed by atoms with van der Waals surface area (Å²) >= 11 is 0. The molecule has 1 aromatic rings. The van der Waals surface area contributed by atoms with Crippen LogP contribution in [0, 0.1) is 6.92 Å². The van der Waals surface area contributed by atoms with Crippen molar-refractivity contribution >= 4 is 11.9 Å². The van der Waals surface area contributed by atoms with Crippen LogP contribution in [0.1, 0.15) is 34.5 Å². The first-order valence-electron chi connectivity index (χ1n) is 5.77. The average Bonchev–Trinajstić information content (AvgIpc) is 2.35. The first-order chi connectivity index (χ1) is 8.82. The zero-order valence-electron chi connectivity index (χ0n) is 10.8. The standard InChI is InChI=1S/C13H17NO5/c1-7-3-4-9(13(18)19)5-10(7)12(17)11(16)6-14-8(2)15/h3-5,11-12,16-17H,6H2,1-2H3,(H,14,15)(H,18,19). The highest BCUT2D eigenvalue weighted by molar-refractivity contribution is 5.87. The van der Waals surface area contributed by atoms with Gasteiger partial charge in [-0.3, -0.25) is 4.79 Å². The van der Waals surface area contributed by atoms with Crippen LogP contribution in [0.5, 0.6) is 0 Å². The third-order valence-electron chi connectivity index (χ3n) is 2.77. The molecule has 0 aliphatic heterocycles. The summed E-state index contributed by atoms with van der Waals surface area (Å²) in [7, 11) is 0. The first-order valence-corrected chi connectivity index (χ1v) is 5.77. The van der Waals surface area contributed by atoms with Crippen molar-refractivity contribution in [1.82, 2.24) is 5.32 Å². The Hall–Kier alpha value is -1.92. The maximum atomic E-state index is 10.9. The van der Waals surface area contributed by atoms with Crippen LogP contribution in [0.4, 0.5) is 0 Å². The zero-order chi connectivity index (χ0) is 14.6. The van der Waals surface area contributed by atoms with Gasteiger partial charge in [-0.15, -0.1) is 0 Å². The number of hydrogen-bond donors (Lipinski definition) is 4. The van der Waals surface area contributed by atoms with Crippen molar-refractivity contribution in [1.29, 1.82) is 0 Å². The molecule has 0 aliphatic carbocycles. The van der Waals surface area contributed by atoms with E-state index in [-0.39, 0.29) is 18.0 Å². The second-order valence-electron chi connectivity index (χ2n) is 4.33. The van der Waals surface area contributed by atoms with Crippen molar-refractivity contribution in [2.75, 3.05) is 6.54 Å². The summed E-state index contributed by atoms with van der Waals surface area (Å²) in [5.41, 5.74) is 1.03. The zero-order valence-corrected chi connectivity index (χ0v) is 10.8. The monoisotopic (exact) mass is 267 g/mol. The van der Waals surface area contributed by atoms with E-state index < -0.39 is 18.2 Å². The van der Waals surface area contributed by atoms with E-state index in [1.165, 1.54) is 19.1 Å². The van der Waals surface area contributed by atoms with Crippen LogP contribution in [-0.4, -0.2) is 39.8 Å². The summed E-state index contributed by atoms with van der Waals surface area (Å²) in [6.07, 6.45) is -2.46. The minimum absolute atomic E-state index is 0.0337. The van der Waals surface area contributed by atoms with Gasteiger partial charge in [0.2, 0.25) is 5.91 Å². The number of rotatable bonds is 5. The van der Waals surface area contributed by atoms with E-state index in [2.05, 4.69) is 5.32 Å². The number of nitrogens with one attached hydrogen (secondary N) is 1. The lowest BCUT2D eigenvalue weighted by atomic mass is 9.97. The number of carboxylic acids is 1. The normalized spacial score (nSPS) is 13.7. The number of carbonyl (C=O) groups is 2. The Morgan fingerprint density at radius 3 is 2.47 bits per heavy atom. The van der Waals surface area contributed by atoms with Crippen molar-refractivity contribution in [2.24, 2.45) is 0 Å². The molecule has 19 heavy (non-hydrogen) atoms. The fourth-order valence-electron chi connectivity index (χ4n) is 1.66. The van der Waals surface area contributed by atoms with Gasteiger partial charge < -0.3 is 20.6 Å². The Labute approximate surface area is 110 Å². The number of aromatic carboxylic acids is 1. The largest absolute Gasteiger partial charge is 0.478 e. The van der Waals surface area contributed by atoms with Gasteiger partial charge in [-0.05, 0) is 30.2 Å². The second kappa shape index (κ2) is 6.31. The van der Waals surface area contributed by atoms with Gasteiger partial charge >= 0.3 is 5.97 Å². The predicted octanol–water partition coefficient (Wildman–Crippen LogP) is 0.224. The third kappa shape index (κ3) is 4.04. The number of aliphatic hydroxyl groups excluding tert-OH is 2. The molecule has 0 aromatic heterocycles. The van der Waals surface area contributed by atoms with Crippen LogP contribution in [0.15, 0.2) is 18.2 Å². The molecule has 0 spiro atoms. The molecule has 2 atom stereocenters. The molecule has 2 unspecified atom stereocenters. The number of aliphatic hydroxyl groups is 2. The van der Waals surface area contributed by atoms with Gasteiger partial charge in [0.1, 0.15) is 12.2 Å². The number of hydrogen-bond acceptors (Lipinski definition) is 4. The molecule has 6 nitrogen and oxygen atoms in total. The summed E-state index contributed by atoms with van der Waals surface area (Å²) in [6, 6.07) is 4.31. The van der Waals surface area contributed by atoms with Gasteiger partial charge in [0, 0.05) is 13.5 Å². The molecule has 6 heteroatoms. The van der Waals surface area contributed by atoms with Crippen LogP contribution >= 0.6 is 0 Å². The van der Waals surface area contributed by atoms with Crippen molar-refractivity contribution in [2.45, 2.75) is 26.1 Å². The quantitative estimate of drug-likeness (QED) is 0.610. The van der Waals surface area contributed by atoms with Crippen molar-refractivity contribution < 1.29 is 24.9 Å². The molecule has 0 saturated heterocycles. The highest BCUT2D eigenvalue weighted by Crippen LogP contribution is 2.22. The Balaban J connectivity index is 2.91. The van der Waals surface area contributed by atoms with Crippen LogP contribution in [0.3, 0.4) is 0 Å². The van der Waals surface area contributed by atoms with Crippen molar-refractivity contribution in [3.8, 4) is 0 Å². The topological polar surface area (TPSA) is 107 Å². The summed E-state index contributed by atoms with van der Waals surface area (Å²) in [5.74, 6) is -1.42. The summed E-state index contributed by atoms with van der Waals surface area (Å²) in [6.45, 7) is 2.90. The molecule has 1 amide bonds. The van der Waals surface area contributed by atoms with Crippen molar-refractivity contribution in [3.05, 3.63) is 34.9 Å². The number of aryl methyl sites for hydroxylation is 1. The lowest BCUT2D eigenvalue weighted by Crippen LogP contribution is -2.34. The molecule has 1 aromatic carbocycles. The Morgan fingerprint density at radius 2 is 1.95 bits per heavy atom. The lowest BCUT2D eigenvalue weighted by molar-refractivity contribution is -0.119. The van der Waals surface area contributed by atoms with Gasteiger partial charge in [0.15, 0.2) is 0 Å². The fourth-order valence-corrected chi connectivity index (χ4v) is 1.66. The van der Waals surface area contributed by atoms with Gasteiger partial charge in [0.05, 0.1) is 5.56 Å². The highest BCUT2D eigenvalue weighted by Gasteiger charge is 2.21. The van der Waals surface area contributed by atoms with E-state index in [4.69, 9.17) is 5.11 Å². The summed E-state index contributed by atoms with van der Waals surface area (Å²) < 4.78 is 0. The van der Waals surface area contributed by atoms with Crippen molar-refractivity contribution in [3.63, 3.8) is 0 Å². The molecule has 0 saturated carbocycles. The molecule has 4 N–H and O–H groups in total. The molecule has 0 bridgehead atoms. The number of amides is 1. The molecule has 104 valence electrons. The smallest absolute Gasteiger partial charge is 0.335 e. The summed E-state index contributed by atoms with van der Waals surface area (Å²) in [4.78, 5) is 21.6. The highest BCUT2D eigenvalue weighted by atomic mass is 16.4.